The van der Waals surface area contributed by atoms with Crippen LogP contribution >= 0.6 is 11.8 Å². The minimum Gasteiger partial charge on any atom is -0.351 e. The van der Waals surface area contributed by atoms with Gasteiger partial charge >= 0.3 is 6.18 Å². The van der Waals surface area contributed by atoms with Gasteiger partial charge in [0, 0.05) is 37.3 Å². The van der Waals surface area contributed by atoms with Crippen molar-refractivity contribution in [2.24, 2.45) is 4.99 Å². The zero-order valence-corrected chi connectivity index (χ0v) is 19.9. The van der Waals surface area contributed by atoms with E-state index in [1.54, 1.807) is 6.07 Å². The van der Waals surface area contributed by atoms with E-state index < -0.39 is 29.8 Å². The summed E-state index contributed by atoms with van der Waals surface area (Å²) in [6, 6.07) is 5.83. The van der Waals surface area contributed by atoms with Gasteiger partial charge in [0.1, 0.15) is 11.8 Å². The first-order valence-electron chi connectivity index (χ1n) is 11.5. The van der Waals surface area contributed by atoms with Crippen LogP contribution in [0.15, 0.2) is 29.3 Å². The van der Waals surface area contributed by atoms with Crippen LogP contribution in [0.2, 0.25) is 0 Å². The summed E-state index contributed by atoms with van der Waals surface area (Å²) in [5.41, 5.74) is 0.339. The monoisotopic (exact) mass is 498 g/mol. The Morgan fingerprint density at radius 2 is 1.97 bits per heavy atom. The number of thioether (sulfide) groups is 1. The van der Waals surface area contributed by atoms with Gasteiger partial charge in [-0.3, -0.25) is 14.4 Å². The van der Waals surface area contributed by atoms with Crippen molar-refractivity contribution >= 4 is 40.3 Å². The van der Waals surface area contributed by atoms with E-state index >= 15 is 0 Å². The van der Waals surface area contributed by atoms with Gasteiger partial charge in [-0.25, -0.2) is 0 Å². The van der Waals surface area contributed by atoms with E-state index in [9.17, 15) is 27.6 Å². The molecule has 7 nitrogen and oxygen atoms in total. The molecule has 0 saturated carbocycles. The van der Waals surface area contributed by atoms with Crippen molar-refractivity contribution in [3.63, 3.8) is 0 Å². The highest BCUT2D eigenvalue weighted by atomic mass is 32.2. The fraction of sp³-hybridized carbons (Fsp3) is 0.565. The molecule has 2 heterocycles. The Morgan fingerprint density at radius 1 is 1.24 bits per heavy atom. The second-order valence-corrected chi connectivity index (χ2v) is 9.59. The molecule has 1 atom stereocenters. The number of piperidine rings is 1. The van der Waals surface area contributed by atoms with Gasteiger partial charge < -0.3 is 15.1 Å². The molecule has 2 aliphatic heterocycles. The molecule has 1 fully saturated rings. The first-order valence-corrected chi connectivity index (χ1v) is 12.3. The first kappa shape index (κ1) is 26.1. The summed E-state index contributed by atoms with van der Waals surface area (Å²) in [5.74, 6) is -1.52. The van der Waals surface area contributed by atoms with Gasteiger partial charge in [-0.2, -0.15) is 18.2 Å². The molecule has 0 radical (unpaired) electrons. The van der Waals surface area contributed by atoms with Crippen LogP contribution in [0, 0.1) is 0 Å². The molecule has 0 aliphatic carbocycles. The quantitative estimate of drug-likeness (QED) is 0.578. The number of carbonyl (C=O) groups is 3. The standard InChI is InChI=1S/C23H29F3N4O3S/c1-2-3-10-30(15-23(24,25)26)21(33)16-8-7-9-17(13-16)27-19(31)14-18-20(32)28-22(34-18)29-11-5-4-6-12-29/h7-9,13,18H,2-6,10-12,14-15H2,1H3,(H,27,31). The average molecular weight is 499 g/mol. The highest BCUT2D eigenvalue weighted by Gasteiger charge is 2.34. The van der Waals surface area contributed by atoms with Gasteiger partial charge in [0.25, 0.3) is 11.8 Å². The Morgan fingerprint density at radius 3 is 2.65 bits per heavy atom. The van der Waals surface area contributed by atoms with Crippen molar-refractivity contribution in [1.82, 2.24) is 9.80 Å². The lowest BCUT2D eigenvalue weighted by molar-refractivity contribution is -0.140. The summed E-state index contributed by atoms with van der Waals surface area (Å²) in [6.45, 7) is 2.19. The van der Waals surface area contributed by atoms with Crippen LogP contribution in [0.5, 0.6) is 0 Å². The molecule has 0 aromatic heterocycles. The number of anilines is 1. The number of rotatable bonds is 8. The number of benzene rings is 1. The number of unbranched alkanes of at least 4 members (excludes halogenated alkanes) is 1. The molecule has 2 aliphatic rings. The number of amidine groups is 1. The van der Waals surface area contributed by atoms with Crippen LogP contribution in [0.1, 0.15) is 55.8 Å². The maximum absolute atomic E-state index is 12.9. The molecule has 1 saturated heterocycles. The van der Waals surface area contributed by atoms with E-state index in [0.29, 0.717) is 18.0 Å². The normalized spacial score (nSPS) is 18.6. The summed E-state index contributed by atoms with van der Waals surface area (Å²) >= 11 is 1.29. The molecule has 1 aromatic rings. The first-order chi connectivity index (χ1) is 16.2. The third-order valence-electron chi connectivity index (χ3n) is 5.56. The largest absolute Gasteiger partial charge is 0.406 e. The smallest absolute Gasteiger partial charge is 0.351 e. The molecular formula is C23H29F3N4O3S. The van der Waals surface area contributed by atoms with Gasteiger partial charge in [0.15, 0.2) is 5.17 Å². The SMILES string of the molecule is CCCCN(CC(F)(F)F)C(=O)c1cccc(NC(=O)CC2SC(N3CCCCC3)=NC2=O)c1. The lowest BCUT2D eigenvalue weighted by Gasteiger charge is -2.27. The van der Waals surface area contributed by atoms with Gasteiger partial charge in [-0.15, -0.1) is 0 Å². The lowest BCUT2D eigenvalue weighted by atomic mass is 10.1. The second kappa shape index (κ2) is 11.7. The average Bonchev–Trinajstić information content (AvgIpc) is 3.16. The predicted molar refractivity (Wildman–Crippen MR) is 126 cm³/mol. The van der Waals surface area contributed by atoms with E-state index in [-0.39, 0.29) is 30.1 Å². The lowest BCUT2D eigenvalue weighted by Crippen LogP contribution is -2.39. The Hall–Kier alpha value is -2.56. The van der Waals surface area contributed by atoms with E-state index in [4.69, 9.17) is 0 Å². The number of likely N-dealkylation sites (tertiary alicyclic amines) is 1. The summed E-state index contributed by atoms with van der Waals surface area (Å²) in [7, 11) is 0. The Bertz CT molecular complexity index is 932. The van der Waals surface area contributed by atoms with Crippen LogP contribution < -0.4 is 5.32 Å². The highest BCUT2D eigenvalue weighted by Crippen LogP contribution is 2.29. The Balaban J connectivity index is 1.59. The number of nitrogens with one attached hydrogen (secondary N) is 1. The van der Waals surface area contributed by atoms with Gasteiger partial charge in [0.05, 0.1) is 0 Å². The third kappa shape index (κ3) is 7.48. The van der Waals surface area contributed by atoms with Crippen molar-refractivity contribution in [2.45, 2.75) is 56.9 Å². The topological polar surface area (TPSA) is 82.1 Å². The van der Waals surface area contributed by atoms with Crippen LogP contribution in [0.4, 0.5) is 18.9 Å². The fourth-order valence-electron chi connectivity index (χ4n) is 3.84. The third-order valence-corrected chi connectivity index (χ3v) is 6.77. The zero-order chi connectivity index (χ0) is 24.7. The van der Waals surface area contributed by atoms with Gasteiger partial charge in [0.2, 0.25) is 5.91 Å². The number of halogens is 3. The van der Waals surface area contributed by atoms with Crippen LogP contribution in [-0.4, -0.2) is 70.3 Å². The van der Waals surface area contributed by atoms with Gasteiger partial charge in [-0.05, 0) is 43.9 Å². The number of carbonyl (C=O) groups excluding carboxylic acids is 3. The number of hydrogen-bond acceptors (Lipinski definition) is 5. The number of aliphatic imine (C=N–C) groups is 1. The van der Waals surface area contributed by atoms with Crippen molar-refractivity contribution in [2.75, 3.05) is 31.5 Å². The zero-order valence-electron chi connectivity index (χ0n) is 19.1. The minimum absolute atomic E-state index is 0.00814. The van der Waals surface area contributed by atoms with Crippen LogP contribution in [0.25, 0.3) is 0 Å². The molecule has 0 bridgehead atoms. The highest BCUT2D eigenvalue weighted by molar-refractivity contribution is 8.15. The van der Waals surface area contributed by atoms with Crippen molar-refractivity contribution in [3.05, 3.63) is 29.8 Å². The number of alkyl halides is 3. The fourth-order valence-corrected chi connectivity index (χ4v) is 4.96. The molecule has 1 N–H and O–H groups in total. The van der Waals surface area contributed by atoms with E-state index in [2.05, 4.69) is 15.2 Å². The van der Waals surface area contributed by atoms with Crippen molar-refractivity contribution < 1.29 is 27.6 Å². The van der Waals surface area contributed by atoms with Crippen LogP contribution in [-0.2, 0) is 9.59 Å². The van der Waals surface area contributed by atoms with Crippen molar-refractivity contribution in [3.8, 4) is 0 Å². The molecule has 0 spiro atoms. The summed E-state index contributed by atoms with van der Waals surface area (Å²) in [4.78, 5) is 44.5. The summed E-state index contributed by atoms with van der Waals surface area (Å²) < 4.78 is 38.8. The molecular weight excluding hydrogens is 469 g/mol. The molecule has 3 rings (SSSR count). The minimum atomic E-state index is -4.50. The molecule has 1 unspecified atom stereocenters. The Kier molecular flexibility index (Phi) is 8.98. The molecule has 11 heteroatoms. The van der Waals surface area contributed by atoms with Gasteiger partial charge in [-0.1, -0.05) is 31.2 Å². The molecule has 3 amide bonds. The number of hydrogen-bond donors (Lipinski definition) is 1. The maximum Gasteiger partial charge on any atom is 0.406 e. The maximum atomic E-state index is 12.9. The summed E-state index contributed by atoms with van der Waals surface area (Å²) in [5, 5.41) is 2.69. The number of amides is 3. The molecule has 34 heavy (non-hydrogen) atoms. The van der Waals surface area contributed by atoms with Crippen LogP contribution in [0.3, 0.4) is 0 Å². The van der Waals surface area contributed by atoms with E-state index in [1.807, 2.05) is 6.92 Å². The second-order valence-electron chi connectivity index (χ2n) is 8.42. The van der Waals surface area contributed by atoms with E-state index in [0.717, 1.165) is 37.3 Å². The van der Waals surface area contributed by atoms with Crippen molar-refractivity contribution in [1.29, 1.82) is 0 Å². The molecule has 186 valence electrons. The number of nitrogens with zero attached hydrogens (tertiary/aromatic N) is 3. The summed E-state index contributed by atoms with van der Waals surface area (Å²) in [6.07, 6.45) is -0.233. The van der Waals surface area contributed by atoms with E-state index in [1.165, 1.54) is 30.0 Å². The predicted octanol–water partition coefficient (Wildman–Crippen LogP) is 4.30. The molecule has 1 aromatic carbocycles. The Labute approximate surface area is 201 Å².